The monoisotopic (exact) mass is 707 g/mol. The standard InChI is InChI=1S/C36H42FN5O9/c1-35(2,3)50-33(44)39-32(38)40(34(45)51-36(4,5)6)18-16-23-10-13-27(14-11-23)48-19-17-30-31(43)41(28-21-25(37)12-15-29(28)49-30)22-24-8-7-9-26(20-24)42(46)47/h7-15,20-21,30H,16-19,22H2,1-6H3,(H2,38,39,44). The van der Waals surface area contributed by atoms with Crippen LogP contribution in [0.2, 0.25) is 0 Å². The molecule has 0 radical (unpaired) electrons. The van der Waals surface area contributed by atoms with Gasteiger partial charge in [0.25, 0.3) is 11.6 Å². The Morgan fingerprint density at radius 2 is 1.69 bits per heavy atom. The van der Waals surface area contributed by atoms with Crippen LogP contribution in [0.15, 0.2) is 66.7 Å². The number of carbonyl (C=O) groups excluding carboxylic acids is 3. The molecule has 1 aliphatic rings. The number of alkyl carbamates (subject to hydrolysis) is 1. The number of ether oxygens (including phenoxy) is 4. The molecule has 14 nitrogen and oxygen atoms in total. The number of nitrogens with one attached hydrogen (secondary N) is 2. The predicted octanol–water partition coefficient (Wildman–Crippen LogP) is 6.74. The Labute approximate surface area is 295 Å². The van der Waals surface area contributed by atoms with Gasteiger partial charge in [0, 0.05) is 31.2 Å². The second-order valence-electron chi connectivity index (χ2n) is 13.7. The zero-order chi connectivity index (χ0) is 37.5. The topological polar surface area (TPSA) is 174 Å². The first-order valence-electron chi connectivity index (χ1n) is 16.2. The number of guanidine groups is 1. The number of non-ortho nitro benzene ring substituents is 1. The summed E-state index contributed by atoms with van der Waals surface area (Å²) >= 11 is 0. The van der Waals surface area contributed by atoms with E-state index in [1.54, 1.807) is 71.9 Å². The molecule has 4 rings (SSSR count). The van der Waals surface area contributed by atoms with E-state index >= 15 is 0 Å². The van der Waals surface area contributed by atoms with Gasteiger partial charge >= 0.3 is 12.2 Å². The molecular weight excluding hydrogens is 665 g/mol. The molecule has 3 aromatic carbocycles. The van der Waals surface area contributed by atoms with Crippen molar-refractivity contribution in [2.24, 2.45) is 0 Å². The van der Waals surface area contributed by atoms with E-state index in [0.29, 0.717) is 23.5 Å². The van der Waals surface area contributed by atoms with Crippen molar-refractivity contribution in [3.05, 3.63) is 93.8 Å². The van der Waals surface area contributed by atoms with Crippen molar-refractivity contribution in [2.75, 3.05) is 18.1 Å². The summed E-state index contributed by atoms with van der Waals surface area (Å²) in [6.07, 6.45) is -2.18. The third-order valence-corrected chi connectivity index (χ3v) is 7.18. The molecule has 51 heavy (non-hydrogen) atoms. The van der Waals surface area contributed by atoms with Gasteiger partial charge in [0.15, 0.2) is 6.10 Å². The second-order valence-corrected chi connectivity index (χ2v) is 13.7. The van der Waals surface area contributed by atoms with Crippen LogP contribution in [0.1, 0.15) is 59.1 Å². The molecule has 1 aliphatic heterocycles. The molecule has 1 unspecified atom stereocenters. The number of hydrogen-bond donors (Lipinski definition) is 2. The van der Waals surface area contributed by atoms with Crippen LogP contribution in [0.25, 0.3) is 0 Å². The van der Waals surface area contributed by atoms with Crippen LogP contribution in [0.3, 0.4) is 0 Å². The summed E-state index contributed by atoms with van der Waals surface area (Å²) in [7, 11) is 0. The minimum atomic E-state index is -0.954. The van der Waals surface area contributed by atoms with Crippen molar-refractivity contribution in [1.82, 2.24) is 10.2 Å². The summed E-state index contributed by atoms with van der Waals surface area (Å²) in [6.45, 7) is 10.2. The molecule has 0 fully saturated rings. The van der Waals surface area contributed by atoms with E-state index in [2.05, 4.69) is 5.32 Å². The lowest BCUT2D eigenvalue weighted by Gasteiger charge is -2.34. The summed E-state index contributed by atoms with van der Waals surface area (Å²) in [4.78, 5) is 51.8. The Hall–Kier alpha value is -5.73. The third-order valence-electron chi connectivity index (χ3n) is 7.18. The van der Waals surface area contributed by atoms with Gasteiger partial charge in [-0.05, 0) is 83.4 Å². The van der Waals surface area contributed by atoms with Gasteiger partial charge in [-0.25, -0.2) is 18.9 Å². The van der Waals surface area contributed by atoms with Gasteiger partial charge in [0.05, 0.1) is 23.8 Å². The van der Waals surface area contributed by atoms with Gasteiger partial charge in [-0.1, -0.05) is 24.3 Å². The largest absolute Gasteiger partial charge is 0.493 e. The molecule has 0 bridgehead atoms. The minimum Gasteiger partial charge on any atom is -0.493 e. The number of benzene rings is 3. The normalized spacial score (nSPS) is 14.1. The van der Waals surface area contributed by atoms with Gasteiger partial charge in [-0.15, -0.1) is 0 Å². The quantitative estimate of drug-likeness (QED) is 0.100. The van der Waals surface area contributed by atoms with Crippen LogP contribution in [-0.2, 0) is 27.2 Å². The van der Waals surface area contributed by atoms with E-state index in [9.17, 15) is 28.9 Å². The van der Waals surface area contributed by atoms with Crippen molar-refractivity contribution in [3.63, 3.8) is 0 Å². The van der Waals surface area contributed by atoms with E-state index in [-0.39, 0.29) is 37.5 Å². The fraction of sp³-hybridized carbons (Fsp3) is 0.389. The van der Waals surface area contributed by atoms with Crippen LogP contribution in [0, 0.1) is 21.3 Å². The van der Waals surface area contributed by atoms with Gasteiger partial charge in [-0.2, -0.15) is 0 Å². The lowest BCUT2D eigenvalue weighted by atomic mass is 10.1. The molecule has 0 saturated carbocycles. The number of fused-ring (bicyclic) bond motifs is 1. The van der Waals surface area contributed by atoms with Gasteiger partial charge < -0.3 is 23.8 Å². The van der Waals surface area contributed by atoms with Crippen LogP contribution < -0.4 is 19.7 Å². The fourth-order valence-electron chi connectivity index (χ4n) is 4.95. The lowest BCUT2D eigenvalue weighted by Crippen LogP contribution is -2.50. The van der Waals surface area contributed by atoms with E-state index in [1.165, 1.54) is 41.3 Å². The Balaban J connectivity index is 1.37. The highest BCUT2D eigenvalue weighted by Gasteiger charge is 2.35. The molecule has 3 aromatic rings. The highest BCUT2D eigenvalue weighted by atomic mass is 19.1. The summed E-state index contributed by atoms with van der Waals surface area (Å²) in [5.74, 6) is -0.700. The van der Waals surface area contributed by atoms with Crippen molar-refractivity contribution in [2.45, 2.75) is 78.2 Å². The SMILES string of the molecule is CC(C)(C)OC(=O)NC(=N)N(CCc1ccc(OCCC2Oc3ccc(F)cc3N(Cc3cccc([N+](=O)[O-])c3)C2=O)cc1)C(=O)OC(C)(C)C. The Morgan fingerprint density at radius 3 is 2.33 bits per heavy atom. The summed E-state index contributed by atoms with van der Waals surface area (Å²) in [5, 5.41) is 21.9. The zero-order valence-electron chi connectivity index (χ0n) is 29.4. The molecule has 0 aromatic heterocycles. The van der Waals surface area contributed by atoms with E-state index in [1.807, 2.05) is 0 Å². The van der Waals surface area contributed by atoms with Crippen molar-refractivity contribution < 1.29 is 42.6 Å². The second kappa shape index (κ2) is 15.9. The molecule has 2 N–H and O–H groups in total. The lowest BCUT2D eigenvalue weighted by molar-refractivity contribution is -0.384. The number of anilines is 1. The average Bonchev–Trinajstić information content (AvgIpc) is 3.02. The van der Waals surface area contributed by atoms with Crippen LogP contribution in [-0.4, -0.2) is 64.3 Å². The van der Waals surface area contributed by atoms with Gasteiger partial charge in [0.1, 0.15) is 28.5 Å². The Bertz CT molecular complexity index is 1770. The molecule has 0 saturated heterocycles. The number of amides is 3. The van der Waals surface area contributed by atoms with Gasteiger partial charge in [-0.3, -0.25) is 25.6 Å². The van der Waals surface area contributed by atoms with Gasteiger partial charge in [0.2, 0.25) is 5.96 Å². The molecule has 0 spiro atoms. The van der Waals surface area contributed by atoms with Crippen molar-refractivity contribution >= 4 is 35.4 Å². The molecular formula is C36H42FN5O9. The molecule has 0 aliphatic carbocycles. The third kappa shape index (κ3) is 11.1. The first-order valence-corrected chi connectivity index (χ1v) is 16.2. The summed E-state index contributed by atoms with van der Waals surface area (Å²) < 4.78 is 36.6. The van der Waals surface area contributed by atoms with Crippen LogP contribution >= 0.6 is 0 Å². The minimum absolute atomic E-state index is 0.0169. The number of nitrogens with zero attached hydrogens (tertiary/aromatic N) is 3. The van der Waals surface area contributed by atoms with Crippen LogP contribution in [0.5, 0.6) is 11.5 Å². The maximum atomic E-state index is 14.2. The van der Waals surface area contributed by atoms with E-state index in [4.69, 9.17) is 24.4 Å². The highest BCUT2D eigenvalue weighted by molar-refractivity contribution is 6.00. The van der Waals surface area contributed by atoms with E-state index < -0.39 is 52.1 Å². The number of nitro groups is 1. The zero-order valence-corrected chi connectivity index (χ0v) is 29.4. The number of halogens is 1. The highest BCUT2D eigenvalue weighted by Crippen LogP contribution is 2.36. The van der Waals surface area contributed by atoms with Crippen molar-refractivity contribution in [3.8, 4) is 11.5 Å². The van der Waals surface area contributed by atoms with Crippen LogP contribution in [0.4, 0.5) is 25.4 Å². The molecule has 15 heteroatoms. The first kappa shape index (κ1) is 38.1. The Morgan fingerprint density at radius 1 is 1.00 bits per heavy atom. The molecule has 3 amide bonds. The maximum absolute atomic E-state index is 14.2. The maximum Gasteiger partial charge on any atom is 0.417 e. The fourth-order valence-corrected chi connectivity index (χ4v) is 4.95. The molecule has 1 heterocycles. The average molecular weight is 708 g/mol. The molecule has 272 valence electrons. The molecule has 1 atom stereocenters. The Kier molecular flexibility index (Phi) is 11.8. The predicted molar refractivity (Wildman–Crippen MR) is 185 cm³/mol. The summed E-state index contributed by atoms with van der Waals surface area (Å²) in [5.41, 5.74) is -0.244. The van der Waals surface area contributed by atoms with Crippen molar-refractivity contribution in [1.29, 1.82) is 5.41 Å². The first-order chi connectivity index (χ1) is 23.9. The number of rotatable bonds is 10. The smallest absolute Gasteiger partial charge is 0.417 e. The number of carbonyl (C=O) groups is 3. The van der Waals surface area contributed by atoms with E-state index in [0.717, 1.165) is 10.5 Å². The number of nitro benzene ring substituents is 1. The number of hydrogen-bond acceptors (Lipinski definition) is 10. The summed E-state index contributed by atoms with van der Waals surface area (Å²) in [6, 6.07) is 16.7.